The Balaban J connectivity index is 0.000000194. The van der Waals surface area contributed by atoms with Crippen molar-refractivity contribution in [1.82, 2.24) is 38.7 Å². The highest BCUT2D eigenvalue weighted by molar-refractivity contribution is 6.76. The second-order valence-corrected chi connectivity index (χ2v) is 32.6. The van der Waals surface area contributed by atoms with Gasteiger partial charge in [-0.3, -0.25) is 14.2 Å². The average molecular weight is 958 g/mol. The van der Waals surface area contributed by atoms with Gasteiger partial charge in [-0.1, -0.05) is 39.3 Å². The number of aryl methyl sites for hydroxylation is 2. The summed E-state index contributed by atoms with van der Waals surface area (Å²) in [6.45, 7) is 18.3. The molecule has 16 heteroatoms. The van der Waals surface area contributed by atoms with Gasteiger partial charge in [0.2, 0.25) is 0 Å². The summed E-state index contributed by atoms with van der Waals surface area (Å²) < 4.78 is 31.9. The predicted octanol–water partition coefficient (Wildman–Crippen LogP) is 10.7. The third kappa shape index (κ3) is 13.0. The molecule has 6 aromatic rings. The number of ketones is 1. The summed E-state index contributed by atoms with van der Waals surface area (Å²) in [6, 6.07) is 6.93. The number of nitrogens with zero attached hydrogens (tertiary/aromatic N) is 8. The molecule has 2 aliphatic carbocycles. The zero-order chi connectivity index (χ0) is 45.8. The van der Waals surface area contributed by atoms with E-state index in [2.05, 4.69) is 95.5 Å². The fraction of sp³-hybridized carbons (Fsp3) is 0.580. The molecule has 358 valence electrons. The molecule has 9 rings (SSSR count). The Bertz CT molecular complexity index is 2530. The van der Waals surface area contributed by atoms with Crippen LogP contribution in [0.3, 0.4) is 0 Å². The number of rotatable bonds is 16. The number of hydrogen-bond donors (Lipinski definition) is 0. The molecule has 13 nitrogen and oxygen atoms in total. The van der Waals surface area contributed by atoms with Crippen LogP contribution < -0.4 is 0 Å². The highest BCUT2D eigenvalue weighted by atomic mass is 35.5. The highest BCUT2D eigenvalue weighted by Crippen LogP contribution is 2.40. The van der Waals surface area contributed by atoms with E-state index in [1.54, 1.807) is 0 Å². The Hall–Kier alpha value is -3.97. The van der Waals surface area contributed by atoms with E-state index in [1.807, 2.05) is 48.2 Å². The molecule has 6 aromatic heterocycles. The van der Waals surface area contributed by atoms with Crippen LogP contribution in [0.2, 0.25) is 51.4 Å². The topological polar surface area (TPSA) is 125 Å². The zero-order valence-corrected chi connectivity index (χ0v) is 43.5. The molecule has 66 heavy (non-hydrogen) atoms. The minimum Gasteiger partial charge on any atom is -0.361 e. The van der Waals surface area contributed by atoms with E-state index < -0.39 is 16.1 Å². The van der Waals surface area contributed by atoms with Gasteiger partial charge in [0.25, 0.3) is 0 Å². The van der Waals surface area contributed by atoms with E-state index in [4.69, 9.17) is 28.9 Å². The lowest BCUT2D eigenvalue weighted by molar-refractivity contribution is -0.182. The lowest BCUT2D eigenvalue weighted by atomic mass is 9.82. The van der Waals surface area contributed by atoms with Gasteiger partial charge in [-0.15, -0.1) is 12.4 Å². The summed E-state index contributed by atoms with van der Waals surface area (Å²) in [5.74, 6) is 1.34. The number of ether oxygens (including phenoxy) is 4. The van der Waals surface area contributed by atoms with Gasteiger partial charge in [0, 0.05) is 139 Å². The van der Waals surface area contributed by atoms with Crippen LogP contribution in [0.4, 0.5) is 0 Å². The molecule has 2 saturated carbocycles. The van der Waals surface area contributed by atoms with Crippen molar-refractivity contribution < 1.29 is 23.7 Å². The number of carbonyl (C=O) groups excluding carboxylic acids is 1. The summed E-state index contributed by atoms with van der Waals surface area (Å²) >= 11 is 0. The van der Waals surface area contributed by atoms with Crippen LogP contribution in [-0.4, -0.2) is 92.8 Å². The maximum atomic E-state index is 11.6. The molecule has 1 aliphatic heterocycles. The number of Topliss-reactive ketones (excluding diaryl/α,β-unsaturated/α-hetero) is 1. The van der Waals surface area contributed by atoms with Gasteiger partial charge < -0.3 is 28.1 Å². The second-order valence-electron chi connectivity index (χ2n) is 21.4. The third-order valence-corrected chi connectivity index (χ3v) is 16.8. The molecular formula is C50H73ClN8O5Si2. The fourth-order valence-corrected chi connectivity index (χ4v) is 11.0. The number of hydrogen-bond acceptors (Lipinski definition) is 9. The van der Waals surface area contributed by atoms with Crippen molar-refractivity contribution >= 4 is 56.4 Å². The molecule has 0 aromatic carbocycles. The Morgan fingerprint density at radius 1 is 0.652 bits per heavy atom. The molecular weight excluding hydrogens is 884 g/mol. The summed E-state index contributed by atoms with van der Waals surface area (Å²) in [5, 5.41) is 11.1. The van der Waals surface area contributed by atoms with Crippen LogP contribution in [0.25, 0.3) is 44.3 Å². The Morgan fingerprint density at radius 2 is 1.09 bits per heavy atom. The fourth-order valence-electron chi connectivity index (χ4n) is 9.49. The molecule has 0 unspecified atom stereocenters. The molecule has 3 aliphatic rings. The monoisotopic (exact) mass is 956 g/mol. The minimum atomic E-state index is -1.11. The van der Waals surface area contributed by atoms with Crippen LogP contribution in [0.1, 0.15) is 62.5 Å². The molecule has 0 bridgehead atoms. The first kappa shape index (κ1) is 49.9. The van der Waals surface area contributed by atoms with Gasteiger partial charge >= 0.3 is 0 Å². The van der Waals surface area contributed by atoms with Crippen LogP contribution in [-0.2, 0) is 64.1 Å². The molecule has 0 amide bonds. The second kappa shape index (κ2) is 21.5. The Labute approximate surface area is 399 Å². The Morgan fingerprint density at radius 3 is 1.50 bits per heavy atom. The largest absolute Gasteiger partial charge is 0.361 e. The first-order chi connectivity index (χ1) is 31.1. The van der Waals surface area contributed by atoms with E-state index >= 15 is 0 Å². The van der Waals surface area contributed by atoms with Crippen molar-refractivity contribution in [3.05, 3.63) is 72.8 Å². The van der Waals surface area contributed by atoms with E-state index in [1.165, 1.54) is 22.1 Å². The van der Waals surface area contributed by atoms with E-state index in [0.717, 1.165) is 136 Å². The van der Waals surface area contributed by atoms with Crippen LogP contribution in [0.15, 0.2) is 61.7 Å². The highest BCUT2D eigenvalue weighted by Gasteiger charge is 2.40. The third-order valence-electron chi connectivity index (χ3n) is 13.4. The maximum absolute atomic E-state index is 11.6. The Kier molecular flexibility index (Phi) is 16.3. The minimum absolute atomic E-state index is 0. The molecule has 0 atom stereocenters. The molecule has 0 N–H and O–H groups in total. The van der Waals surface area contributed by atoms with E-state index in [9.17, 15) is 4.79 Å². The first-order valence-corrected chi connectivity index (χ1v) is 31.4. The summed E-state index contributed by atoms with van der Waals surface area (Å²) in [5.41, 5.74) is 8.99. The SMILES string of the molecule is Cl.Cn1cc(-c2cn(COCC[Si](C)(C)C)c3ncc(CC4CCC(=O)CC4)cc23)cn1.Cn1cc(-c2cn(COCC[Si](C)(C)C)c3ncc(CC4CCC5(CC4)OCCO5)cc23)cn1. The van der Waals surface area contributed by atoms with Gasteiger partial charge in [0.05, 0.1) is 25.6 Å². The summed E-state index contributed by atoms with van der Waals surface area (Å²) in [7, 11) is 1.68. The lowest BCUT2D eigenvalue weighted by Crippen LogP contribution is -2.35. The van der Waals surface area contributed by atoms with Gasteiger partial charge in [-0.05, 0) is 85.7 Å². The quantitative estimate of drug-likeness (QED) is 0.0688. The number of carbonyl (C=O) groups is 1. The maximum Gasteiger partial charge on any atom is 0.168 e. The van der Waals surface area contributed by atoms with E-state index in [-0.39, 0.29) is 18.2 Å². The van der Waals surface area contributed by atoms with Crippen LogP contribution >= 0.6 is 12.4 Å². The van der Waals surface area contributed by atoms with Crippen molar-refractivity contribution in [3.8, 4) is 22.3 Å². The smallest absolute Gasteiger partial charge is 0.168 e. The molecule has 0 radical (unpaired) electrons. The van der Waals surface area contributed by atoms with Gasteiger partial charge in [0.1, 0.15) is 30.5 Å². The molecule has 1 spiro atoms. The first-order valence-electron chi connectivity index (χ1n) is 24.0. The molecule has 1 saturated heterocycles. The van der Waals surface area contributed by atoms with Crippen molar-refractivity contribution in [3.63, 3.8) is 0 Å². The van der Waals surface area contributed by atoms with Crippen LogP contribution in [0, 0.1) is 11.8 Å². The average Bonchev–Trinajstić information content (AvgIpc) is 4.12. The van der Waals surface area contributed by atoms with E-state index in [0.29, 0.717) is 31.1 Å². The normalized spacial score (nSPS) is 17.2. The molecule has 7 heterocycles. The predicted molar refractivity (Wildman–Crippen MR) is 270 cm³/mol. The number of pyridine rings is 2. The van der Waals surface area contributed by atoms with Crippen molar-refractivity contribution in [2.24, 2.45) is 25.9 Å². The van der Waals surface area contributed by atoms with Crippen molar-refractivity contribution in [1.29, 1.82) is 0 Å². The van der Waals surface area contributed by atoms with Gasteiger partial charge in [0.15, 0.2) is 5.79 Å². The van der Waals surface area contributed by atoms with Crippen LogP contribution in [0.5, 0.6) is 0 Å². The zero-order valence-electron chi connectivity index (χ0n) is 40.7. The lowest BCUT2D eigenvalue weighted by Gasteiger charge is -2.35. The number of aromatic nitrogens is 8. The standard InChI is InChI=1S/C26H38N4O3Si.C24H34N4O2Si.ClH/c1-29-17-22(16-28-29)24-18-30(19-31-11-12-34(2,3)4)25-23(24)14-21(15-27-25)13-20-5-7-26(8-6-20)32-9-10-33-26;1-27-15-20(14-26-27)23-16-28(17-30-9-10-31(2,3)4)24-22(23)12-19(13-25-24)11-18-5-7-21(29)8-6-18;/h14-18,20H,5-13,19H2,1-4H3;12-16,18H,5-11,17H2,1-4H3;1H. The van der Waals surface area contributed by atoms with Crippen molar-refractivity contribution in [2.45, 2.75) is 135 Å². The van der Waals surface area contributed by atoms with Gasteiger partial charge in [-0.2, -0.15) is 10.2 Å². The van der Waals surface area contributed by atoms with Gasteiger partial charge in [-0.25, -0.2) is 9.97 Å². The van der Waals surface area contributed by atoms with Crippen molar-refractivity contribution in [2.75, 3.05) is 26.4 Å². The number of fused-ring (bicyclic) bond motifs is 2. The summed E-state index contributed by atoms with van der Waals surface area (Å²) in [6.07, 6.45) is 26.1. The number of halogens is 1. The summed E-state index contributed by atoms with van der Waals surface area (Å²) in [4.78, 5) is 21.3. The molecule has 3 fully saturated rings.